The molecule has 17 heavy (non-hydrogen) atoms. The van der Waals surface area contributed by atoms with Gasteiger partial charge in [-0.25, -0.2) is 0 Å². The van der Waals surface area contributed by atoms with Crippen LogP contribution in [0.4, 0.5) is 5.69 Å². The molecule has 0 amide bonds. The second-order valence-electron chi connectivity index (χ2n) is 4.43. The smallest absolute Gasteiger partial charge is 0.0793 e. The molecule has 0 fully saturated rings. The summed E-state index contributed by atoms with van der Waals surface area (Å²) < 4.78 is 5.82. The first-order chi connectivity index (χ1) is 8.11. The standard InChI is InChI=1S/C13H23N3O/c1-5-17-13(9(2)3)12(15-4)10-8-16-7-6-11(10)14/h6-9,12-13,15H,5H2,1-4H3,(H2,14,16). The maximum Gasteiger partial charge on any atom is 0.0793 e. The molecule has 2 atom stereocenters. The van der Waals surface area contributed by atoms with Gasteiger partial charge in [0.25, 0.3) is 0 Å². The minimum absolute atomic E-state index is 0.0728. The second-order valence-corrected chi connectivity index (χ2v) is 4.43. The number of hydrogen-bond donors (Lipinski definition) is 2. The molecule has 0 saturated carbocycles. The number of anilines is 1. The highest BCUT2D eigenvalue weighted by molar-refractivity contribution is 5.46. The average Bonchev–Trinajstić information content (AvgIpc) is 2.31. The van der Waals surface area contributed by atoms with E-state index in [2.05, 4.69) is 24.1 Å². The third kappa shape index (κ3) is 3.41. The molecule has 0 aromatic carbocycles. The van der Waals surface area contributed by atoms with Crippen LogP contribution >= 0.6 is 0 Å². The lowest BCUT2D eigenvalue weighted by atomic mass is 9.93. The van der Waals surface area contributed by atoms with Crippen LogP contribution in [-0.2, 0) is 4.74 Å². The van der Waals surface area contributed by atoms with E-state index < -0.39 is 0 Å². The molecule has 0 radical (unpaired) electrons. The molecule has 1 aromatic rings. The van der Waals surface area contributed by atoms with E-state index in [9.17, 15) is 0 Å². The van der Waals surface area contributed by atoms with Crippen molar-refractivity contribution >= 4 is 5.69 Å². The van der Waals surface area contributed by atoms with Crippen molar-refractivity contribution in [1.82, 2.24) is 10.3 Å². The van der Waals surface area contributed by atoms with Gasteiger partial charge in [-0.1, -0.05) is 13.8 Å². The van der Waals surface area contributed by atoms with Crippen molar-refractivity contribution in [3.63, 3.8) is 0 Å². The molecule has 2 unspecified atom stereocenters. The number of nitrogen functional groups attached to an aromatic ring is 1. The van der Waals surface area contributed by atoms with Crippen molar-refractivity contribution in [1.29, 1.82) is 0 Å². The molecule has 1 heterocycles. The molecular formula is C13H23N3O. The Morgan fingerprint density at radius 3 is 2.65 bits per heavy atom. The summed E-state index contributed by atoms with van der Waals surface area (Å²) in [6, 6.07) is 1.90. The molecule has 0 aliphatic rings. The summed E-state index contributed by atoms with van der Waals surface area (Å²) in [5.74, 6) is 0.409. The molecule has 0 aliphatic heterocycles. The van der Waals surface area contributed by atoms with Gasteiger partial charge in [0.1, 0.15) is 0 Å². The Morgan fingerprint density at radius 2 is 2.18 bits per heavy atom. The molecule has 0 aliphatic carbocycles. The van der Waals surface area contributed by atoms with Crippen LogP contribution in [0.25, 0.3) is 0 Å². The van der Waals surface area contributed by atoms with Crippen molar-refractivity contribution < 1.29 is 4.74 Å². The first-order valence-electron chi connectivity index (χ1n) is 6.10. The average molecular weight is 237 g/mol. The van der Waals surface area contributed by atoms with Crippen LogP contribution < -0.4 is 11.1 Å². The fourth-order valence-electron chi connectivity index (χ4n) is 2.04. The van der Waals surface area contributed by atoms with Gasteiger partial charge in [0.2, 0.25) is 0 Å². The van der Waals surface area contributed by atoms with Crippen LogP contribution in [0.1, 0.15) is 32.4 Å². The summed E-state index contributed by atoms with van der Waals surface area (Å²) in [6.45, 7) is 7.00. The quantitative estimate of drug-likeness (QED) is 0.794. The zero-order chi connectivity index (χ0) is 12.8. The van der Waals surface area contributed by atoms with E-state index in [-0.39, 0.29) is 12.1 Å². The van der Waals surface area contributed by atoms with E-state index in [0.717, 1.165) is 11.3 Å². The van der Waals surface area contributed by atoms with Gasteiger partial charge in [-0.05, 0) is 26.0 Å². The third-order valence-electron chi connectivity index (χ3n) is 2.88. The normalized spacial score (nSPS) is 14.9. The minimum atomic E-state index is 0.0728. The lowest BCUT2D eigenvalue weighted by Crippen LogP contribution is -2.36. The van der Waals surface area contributed by atoms with Crippen LogP contribution in [0, 0.1) is 5.92 Å². The van der Waals surface area contributed by atoms with Crippen molar-refractivity contribution in [3.8, 4) is 0 Å². The molecule has 0 spiro atoms. The fourth-order valence-corrected chi connectivity index (χ4v) is 2.04. The van der Waals surface area contributed by atoms with Gasteiger partial charge < -0.3 is 15.8 Å². The van der Waals surface area contributed by atoms with Gasteiger partial charge in [-0.2, -0.15) is 0 Å². The van der Waals surface area contributed by atoms with E-state index in [1.165, 1.54) is 0 Å². The maximum absolute atomic E-state index is 6.00. The van der Waals surface area contributed by atoms with Crippen LogP contribution in [0.3, 0.4) is 0 Å². The molecular weight excluding hydrogens is 214 g/mol. The highest BCUT2D eigenvalue weighted by atomic mass is 16.5. The Kier molecular flexibility index (Phi) is 5.38. The SMILES string of the molecule is CCOC(C(C)C)C(NC)c1cnccc1N. The van der Waals surface area contributed by atoms with E-state index in [4.69, 9.17) is 10.5 Å². The van der Waals surface area contributed by atoms with Crippen molar-refractivity contribution in [2.75, 3.05) is 19.4 Å². The van der Waals surface area contributed by atoms with E-state index in [0.29, 0.717) is 12.5 Å². The first kappa shape index (κ1) is 13.9. The summed E-state index contributed by atoms with van der Waals surface area (Å²) in [5.41, 5.74) is 7.75. The lowest BCUT2D eigenvalue weighted by Gasteiger charge is -2.30. The third-order valence-corrected chi connectivity index (χ3v) is 2.88. The monoisotopic (exact) mass is 237 g/mol. The largest absolute Gasteiger partial charge is 0.398 e. The molecule has 4 nitrogen and oxygen atoms in total. The van der Waals surface area contributed by atoms with Crippen LogP contribution in [0.5, 0.6) is 0 Å². The molecule has 0 saturated heterocycles. The zero-order valence-electron chi connectivity index (χ0n) is 11.1. The number of aromatic nitrogens is 1. The molecule has 4 heteroatoms. The number of nitrogens with zero attached hydrogens (tertiary/aromatic N) is 1. The summed E-state index contributed by atoms with van der Waals surface area (Å²) in [5, 5.41) is 3.28. The first-order valence-corrected chi connectivity index (χ1v) is 6.10. The molecule has 3 N–H and O–H groups in total. The van der Waals surface area contributed by atoms with Gasteiger partial charge in [-0.15, -0.1) is 0 Å². The lowest BCUT2D eigenvalue weighted by molar-refractivity contribution is 0.00469. The summed E-state index contributed by atoms with van der Waals surface area (Å²) >= 11 is 0. The number of rotatable bonds is 6. The molecule has 0 bridgehead atoms. The predicted octanol–water partition coefficient (Wildman–Crippen LogP) is 1.99. The Morgan fingerprint density at radius 1 is 1.47 bits per heavy atom. The van der Waals surface area contributed by atoms with Gasteiger partial charge in [0.05, 0.1) is 12.1 Å². The Labute approximate surface area is 104 Å². The summed E-state index contributed by atoms with van der Waals surface area (Å²) in [4.78, 5) is 4.14. The highest BCUT2D eigenvalue weighted by Gasteiger charge is 2.26. The van der Waals surface area contributed by atoms with Crippen molar-refractivity contribution in [3.05, 3.63) is 24.0 Å². The number of nitrogens with one attached hydrogen (secondary N) is 1. The van der Waals surface area contributed by atoms with Gasteiger partial charge in [0, 0.05) is 30.3 Å². The van der Waals surface area contributed by atoms with Gasteiger partial charge in [-0.3, -0.25) is 4.98 Å². The van der Waals surface area contributed by atoms with Crippen molar-refractivity contribution in [2.24, 2.45) is 5.92 Å². The Hall–Kier alpha value is -1.13. The number of pyridine rings is 1. The molecule has 96 valence electrons. The summed E-state index contributed by atoms with van der Waals surface area (Å²) in [7, 11) is 1.92. The fraction of sp³-hybridized carbons (Fsp3) is 0.615. The number of nitrogens with two attached hydrogens (primary N) is 1. The number of likely N-dealkylation sites (N-methyl/N-ethyl adjacent to an activating group) is 1. The predicted molar refractivity (Wildman–Crippen MR) is 70.7 cm³/mol. The van der Waals surface area contributed by atoms with Crippen molar-refractivity contribution in [2.45, 2.75) is 32.9 Å². The van der Waals surface area contributed by atoms with Crippen LogP contribution in [-0.4, -0.2) is 24.7 Å². The Bertz CT molecular complexity index is 341. The van der Waals surface area contributed by atoms with Gasteiger partial charge in [0.15, 0.2) is 0 Å². The van der Waals surface area contributed by atoms with E-state index in [1.807, 2.05) is 26.2 Å². The van der Waals surface area contributed by atoms with Crippen LogP contribution in [0.15, 0.2) is 18.5 Å². The van der Waals surface area contributed by atoms with E-state index >= 15 is 0 Å². The molecule has 1 rings (SSSR count). The van der Waals surface area contributed by atoms with Crippen LogP contribution in [0.2, 0.25) is 0 Å². The molecule has 1 aromatic heterocycles. The maximum atomic E-state index is 6.00. The number of hydrogen-bond acceptors (Lipinski definition) is 4. The topological polar surface area (TPSA) is 60.2 Å². The summed E-state index contributed by atoms with van der Waals surface area (Å²) in [6.07, 6.45) is 3.61. The zero-order valence-corrected chi connectivity index (χ0v) is 11.1. The minimum Gasteiger partial charge on any atom is -0.398 e. The Balaban J connectivity index is 3.00. The second kappa shape index (κ2) is 6.57. The van der Waals surface area contributed by atoms with E-state index in [1.54, 1.807) is 6.20 Å². The highest BCUT2D eigenvalue weighted by Crippen LogP contribution is 2.27. The van der Waals surface area contributed by atoms with Gasteiger partial charge >= 0.3 is 0 Å². The number of ether oxygens (including phenoxy) is 1.